The standard InChI is InChI=1S/C24H16BrClN2O7S/c1-9-21(23(32)34-3)36-24(27-9)28-17(10-6-13(25)19(30)15(7-10)33-2)16-18(29)12-8-11(26)4-5-14(12)35-20(16)22(28)31/h4-8,17,30H,1-3H3. The van der Waals surface area contributed by atoms with Crippen molar-refractivity contribution in [3.05, 3.63) is 77.5 Å². The van der Waals surface area contributed by atoms with Crippen molar-refractivity contribution in [1.29, 1.82) is 0 Å². The number of nitrogens with zero attached hydrogens (tertiary/aromatic N) is 2. The molecular weight excluding hydrogens is 576 g/mol. The lowest BCUT2D eigenvalue weighted by atomic mass is 9.98. The number of amides is 1. The lowest BCUT2D eigenvalue weighted by molar-refractivity contribution is 0.0605. The Hall–Kier alpha value is -3.41. The van der Waals surface area contributed by atoms with Gasteiger partial charge < -0.3 is 19.0 Å². The number of ether oxygens (including phenoxy) is 2. The van der Waals surface area contributed by atoms with Gasteiger partial charge in [0.05, 0.1) is 41.4 Å². The topological polar surface area (TPSA) is 119 Å². The molecule has 9 nitrogen and oxygen atoms in total. The number of benzene rings is 2. The molecule has 36 heavy (non-hydrogen) atoms. The molecular formula is C24H16BrClN2O7S. The fourth-order valence-corrected chi connectivity index (χ4v) is 5.78. The number of aromatic hydroxyl groups is 1. The van der Waals surface area contributed by atoms with E-state index in [1.807, 2.05) is 0 Å². The number of esters is 1. The third kappa shape index (κ3) is 3.66. The van der Waals surface area contributed by atoms with Crippen molar-refractivity contribution in [3.8, 4) is 11.5 Å². The Morgan fingerprint density at radius 2 is 2.00 bits per heavy atom. The maximum Gasteiger partial charge on any atom is 0.350 e. The van der Waals surface area contributed by atoms with Crippen LogP contribution >= 0.6 is 38.9 Å². The van der Waals surface area contributed by atoms with Gasteiger partial charge in [0.2, 0.25) is 5.76 Å². The van der Waals surface area contributed by atoms with Crippen molar-refractivity contribution < 1.29 is 28.6 Å². The summed E-state index contributed by atoms with van der Waals surface area (Å²) in [5, 5.41) is 11.0. The number of anilines is 1. The highest BCUT2D eigenvalue weighted by molar-refractivity contribution is 9.10. The van der Waals surface area contributed by atoms with Crippen molar-refractivity contribution in [2.45, 2.75) is 13.0 Å². The Morgan fingerprint density at radius 3 is 2.69 bits per heavy atom. The van der Waals surface area contributed by atoms with Crippen LogP contribution in [0.1, 0.15) is 43.1 Å². The number of hydrogen-bond acceptors (Lipinski definition) is 9. The lowest BCUT2D eigenvalue weighted by Crippen LogP contribution is -2.29. The van der Waals surface area contributed by atoms with Gasteiger partial charge in [0, 0.05) is 5.02 Å². The van der Waals surface area contributed by atoms with Crippen LogP contribution in [0.25, 0.3) is 11.0 Å². The van der Waals surface area contributed by atoms with Crippen LogP contribution < -0.4 is 15.1 Å². The Kier molecular flexibility index (Phi) is 6.01. The number of phenolic OH excluding ortho intramolecular Hbond substituents is 1. The van der Waals surface area contributed by atoms with Crippen molar-refractivity contribution in [2.24, 2.45) is 0 Å². The predicted octanol–water partition coefficient (Wildman–Crippen LogP) is 5.22. The van der Waals surface area contributed by atoms with E-state index >= 15 is 0 Å². The lowest BCUT2D eigenvalue weighted by Gasteiger charge is -2.23. The van der Waals surface area contributed by atoms with E-state index in [1.54, 1.807) is 19.1 Å². The maximum absolute atomic E-state index is 13.7. The number of carbonyl (C=O) groups excluding carboxylic acids is 2. The highest BCUT2D eigenvalue weighted by Gasteiger charge is 2.45. The molecule has 5 rings (SSSR count). The first-order chi connectivity index (χ1) is 17.2. The molecule has 2 aromatic heterocycles. The van der Waals surface area contributed by atoms with E-state index in [-0.39, 0.29) is 48.3 Å². The third-order valence-corrected chi connectivity index (χ3v) is 7.76. The molecule has 1 atom stereocenters. The number of methoxy groups -OCH3 is 2. The van der Waals surface area contributed by atoms with E-state index < -0.39 is 23.3 Å². The molecule has 12 heteroatoms. The van der Waals surface area contributed by atoms with Gasteiger partial charge in [0.25, 0.3) is 5.91 Å². The second-order valence-corrected chi connectivity index (χ2v) is 10.1. The summed E-state index contributed by atoms with van der Waals surface area (Å²) in [6.07, 6.45) is 0. The summed E-state index contributed by atoms with van der Waals surface area (Å²) in [6.45, 7) is 1.62. The van der Waals surface area contributed by atoms with Crippen molar-refractivity contribution in [3.63, 3.8) is 0 Å². The second-order valence-electron chi connectivity index (χ2n) is 7.85. The van der Waals surface area contributed by atoms with Crippen LogP contribution in [-0.2, 0) is 4.74 Å². The molecule has 184 valence electrons. The summed E-state index contributed by atoms with van der Waals surface area (Å²) in [4.78, 5) is 45.6. The van der Waals surface area contributed by atoms with Crippen LogP contribution in [0.4, 0.5) is 5.13 Å². The molecule has 1 aliphatic rings. The number of phenols is 1. The van der Waals surface area contributed by atoms with Gasteiger partial charge in [-0.3, -0.25) is 14.5 Å². The van der Waals surface area contributed by atoms with Gasteiger partial charge in [-0.2, -0.15) is 0 Å². The summed E-state index contributed by atoms with van der Waals surface area (Å²) in [6, 6.07) is 6.64. The molecule has 1 aliphatic heterocycles. The van der Waals surface area contributed by atoms with E-state index in [0.717, 1.165) is 11.3 Å². The zero-order chi connectivity index (χ0) is 25.9. The quantitative estimate of drug-likeness (QED) is 0.321. The Morgan fingerprint density at radius 1 is 1.25 bits per heavy atom. The van der Waals surface area contributed by atoms with Crippen LogP contribution in [0.3, 0.4) is 0 Å². The Balaban J connectivity index is 1.82. The van der Waals surface area contributed by atoms with Crippen LogP contribution in [0.2, 0.25) is 5.02 Å². The number of rotatable bonds is 4. The van der Waals surface area contributed by atoms with Gasteiger partial charge >= 0.3 is 5.97 Å². The maximum atomic E-state index is 13.7. The summed E-state index contributed by atoms with van der Waals surface area (Å²) in [5.74, 6) is -1.39. The number of thiazole rings is 1. The molecule has 0 aliphatic carbocycles. The molecule has 2 aromatic carbocycles. The van der Waals surface area contributed by atoms with Crippen LogP contribution in [-0.4, -0.2) is 36.2 Å². The molecule has 0 spiro atoms. The Bertz CT molecular complexity index is 1650. The number of aryl methyl sites for hydroxylation is 1. The Labute approximate surface area is 221 Å². The van der Waals surface area contributed by atoms with Gasteiger partial charge in [-0.15, -0.1) is 0 Å². The molecule has 4 aromatic rings. The van der Waals surface area contributed by atoms with Gasteiger partial charge in [0.1, 0.15) is 10.5 Å². The van der Waals surface area contributed by atoms with Crippen LogP contribution in [0.15, 0.2) is 44.0 Å². The smallest absolute Gasteiger partial charge is 0.350 e. The number of halogens is 2. The highest BCUT2D eigenvalue weighted by Crippen LogP contribution is 2.46. The SMILES string of the molecule is COC(=O)c1sc(N2C(=O)c3oc4ccc(Cl)cc4c(=O)c3C2c2cc(Br)c(O)c(OC)c2)nc1C. The zero-order valence-electron chi connectivity index (χ0n) is 18.9. The fourth-order valence-electron chi connectivity index (χ4n) is 4.13. The third-order valence-electron chi connectivity index (χ3n) is 5.78. The van der Waals surface area contributed by atoms with E-state index in [2.05, 4.69) is 20.9 Å². The second kappa shape index (κ2) is 8.91. The van der Waals surface area contributed by atoms with Gasteiger partial charge in [-0.1, -0.05) is 22.9 Å². The average molecular weight is 592 g/mol. The first-order valence-electron chi connectivity index (χ1n) is 10.4. The van der Waals surface area contributed by atoms with Gasteiger partial charge in [-0.05, 0) is 58.7 Å². The molecule has 3 heterocycles. The van der Waals surface area contributed by atoms with Crippen LogP contribution in [0.5, 0.6) is 11.5 Å². The molecule has 0 bridgehead atoms. The number of hydrogen-bond donors (Lipinski definition) is 1. The molecule has 0 saturated carbocycles. The van der Waals surface area contributed by atoms with E-state index in [1.165, 1.54) is 37.3 Å². The van der Waals surface area contributed by atoms with Crippen LogP contribution in [0, 0.1) is 6.92 Å². The average Bonchev–Trinajstić information content (AvgIpc) is 3.38. The zero-order valence-corrected chi connectivity index (χ0v) is 22.1. The normalized spacial score (nSPS) is 14.9. The highest BCUT2D eigenvalue weighted by atomic mass is 79.9. The molecule has 0 saturated heterocycles. The molecule has 1 amide bonds. The fraction of sp³-hybridized carbons (Fsp3) is 0.167. The predicted molar refractivity (Wildman–Crippen MR) is 137 cm³/mol. The molecule has 0 radical (unpaired) electrons. The molecule has 1 N–H and O–H groups in total. The van der Waals surface area contributed by atoms with E-state index in [9.17, 15) is 19.5 Å². The summed E-state index contributed by atoms with van der Waals surface area (Å²) in [5.41, 5.74) is 0.628. The van der Waals surface area contributed by atoms with E-state index in [4.69, 9.17) is 25.5 Å². The monoisotopic (exact) mass is 590 g/mol. The minimum Gasteiger partial charge on any atom is -0.503 e. The minimum atomic E-state index is -1.01. The number of aromatic nitrogens is 1. The number of carbonyl (C=O) groups is 2. The van der Waals surface area contributed by atoms with Gasteiger partial charge in [0.15, 0.2) is 22.1 Å². The number of fused-ring (bicyclic) bond motifs is 2. The van der Waals surface area contributed by atoms with Gasteiger partial charge in [-0.25, -0.2) is 9.78 Å². The van der Waals surface area contributed by atoms with E-state index in [0.29, 0.717) is 16.3 Å². The van der Waals surface area contributed by atoms with Crippen molar-refractivity contribution in [1.82, 2.24) is 4.98 Å². The first kappa shape index (κ1) is 24.3. The summed E-state index contributed by atoms with van der Waals surface area (Å²) >= 11 is 10.4. The largest absolute Gasteiger partial charge is 0.503 e. The minimum absolute atomic E-state index is 0.0712. The first-order valence-corrected chi connectivity index (χ1v) is 12.4. The summed E-state index contributed by atoms with van der Waals surface area (Å²) in [7, 11) is 2.63. The molecule has 0 fully saturated rings. The van der Waals surface area contributed by atoms with Crippen molar-refractivity contribution in [2.75, 3.05) is 19.1 Å². The van der Waals surface area contributed by atoms with Crippen molar-refractivity contribution >= 4 is 66.8 Å². The molecule has 1 unspecified atom stereocenters. The summed E-state index contributed by atoms with van der Waals surface area (Å²) < 4.78 is 16.3.